The average Bonchev–Trinajstić information content (AvgIpc) is 3.56. The molecule has 0 unspecified atom stereocenters. The van der Waals surface area contributed by atoms with Crippen molar-refractivity contribution in [2.75, 3.05) is 45.8 Å². The minimum Gasteiger partial charge on any atom is -0.493 e. The quantitative estimate of drug-likeness (QED) is 0.0482. The van der Waals surface area contributed by atoms with E-state index in [0.29, 0.717) is 17.6 Å². The Bertz CT molecular complexity index is 1760. The molecule has 18 nitrogen and oxygen atoms in total. The zero-order valence-corrected chi connectivity index (χ0v) is 26.9. The number of hydrogen-bond donors (Lipinski definition) is 4. The third-order valence-electron chi connectivity index (χ3n) is 6.79. The van der Waals surface area contributed by atoms with Gasteiger partial charge < -0.3 is 45.0 Å². The van der Waals surface area contributed by atoms with Crippen molar-refractivity contribution in [3.8, 4) is 17.4 Å². The highest BCUT2D eigenvalue weighted by Crippen LogP contribution is 2.35. The second-order valence-corrected chi connectivity index (χ2v) is 10.3. The number of rotatable bonds is 19. The molecule has 0 aliphatic heterocycles. The van der Waals surface area contributed by atoms with Crippen LogP contribution in [0.25, 0.3) is 11.2 Å². The summed E-state index contributed by atoms with van der Waals surface area (Å²) < 4.78 is 27.0. The maximum Gasteiger partial charge on any atom is 0.407 e. The van der Waals surface area contributed by atoms with Crippen molar-refractivity contribution in [1.82, 2.24) is 30.6 Å². The SMILES string of the molecule is COc1cc(C(C)=O)c([N+](=O)[O-])cc1OCCCC(=O)NCCOCCOC(=O)NCc1ccc(COc2nc(N)nc3[nH]cnc23)cc1. The zero-order chi connectivity index (χ0) is 35.2. The van der Waals surface area contributed by atoms with Crippen molar-refractivity contribution in [1.29, 1.82) is 0 Å². The molecule has 5 N–H and O–H groups in total. The van der Waals surface area contributed by atoms with Gasteiger partial charge in [-0.2, -0.15) is 9.97 Å². The number of carbonyl (C=O) groups excluding carboxylic acids is 3. The van der Waals surface area contributed by atoms with Gasteiger partial charge in [0.05, 0.1) is 49.8 Å². The van der Waals surface area contributed by atoms with E-state index in [1.54, 1.807) is 0 Å². The lowest BCUT2D eigenvalue weighted by atomic mass is 10.1. The Hall–Kier alpha value is -6.04. The number of Topliss-reactive ketones (excluding diaryl/α,β-unsaturated/α-hetero) is 1. The highest BCUT2D eigenvalue weighted by Gasteiger charge is 2.22. The van der Waals surface area contributed by atoms with E-state index in [2.05, 4.69) is 30.6 Å². The Labute approximate surface area is 279 Å². The van der Waals surface area contributed by atoms with E-state index in [0.717, 1.165) is 17.2 Å². The lowest BCUT2D eigenvalue weighted by Gasteiger charge is -2.12. The van der Waals surface area contributed by atoms with Crippen LogP contribution in [0.3, 0.4) is 0 Å². The van der Waals surface area contributed by atoms with E-state index < -0.39 is 16.8 Å². The Morgan fingerprint density at radius 3 is 2.49 bits per heavy atom. The highest BCUT2D eigenvalue weighted by molar-refractivity contribution is 5.99. The van der Waals surface area contributed by atoms with E-state index in [-0.39, 0.29) is 93.0 Å². The molecule has 4 aromatic rings. The molecule has 0 saturated carbocycles. The first-order chi connectivity index (χ1) is 23.6. The van der Waals surface area contributed by atoms with Crippen LogP contribution in [-0.2, 0) is 27.4 Å². The van der Waals surface area contributed by atoms with Gasteiger partial charge in [-0.05, 0) is 24.5 Å². The molecule has 2 heterocycles. The Balaban J connectivity index is 1.03. The number of aromatic nitrogens is 4. The second-order valence-electron chi connectivity index (χ2n) is 10.3. The summed E-state index contributed by atoms with van der Waals surface area (Å²) in [7, 11) is 1.36. The second kappa shape index (κ2) is 17.8. The standard InChI is InChI=1S/C31H36N8O10/c1-19(40)22-14-24(45-2)25(15-23(22)39(43)44)47-10-3-4-26(41)33-9-11-46-12-13-48-31(42)34-16-20-5-7-21(8-6-20)17-49-29-27-28(36-18-35-27)37-30(32)38-29/h5-8,14-15,18H,3-4,9-13,16-17H2,1-2H3,(H,33,41)(H,34,42)(H3,32,35,36,37,38). The van der Waals surface area contributed by atoms with Gasteiger partial charge in [-0.3, -0.25) is 19.7 Å². The van der Waals surface area contributed by atoms with Crippen molar-refractivity contribution >= 4 is 40.6 Å². The topological polar surface area (TPSA) is 245 Å². The number of nitro groups is 1. The Morgan fingerprint density at radius 1 is 0.980 bits per heavy atom. The first-order valence-electron chi connectivity index (χ1n) is 15.1. The number of imidazole rings is 1. The molecule has 2 amide bonds. The van der Waals surface area contributed by atoms with Gasteiger partial charge in [-0.1, -0.05) is 24.3 Å². The molecule has 0 saturated heterocycles. The predicted molar refractivity (Wildman–Crippen MR) is 173 cm³/mol. The van der Waals surface area contributed by atoms with Gasteiger partial charge in [-0.15, -0.1) is 0 Å². The third-order valence-corrected chi connectivity index (χ3v) is 6.79. The Kier molecular flexibility index (Phi) is 13.0. The number of nitrogens with zero attached hydrogens (tertiary/aromatic N) is 4. The van der Waals surface area contributed by atoms with Gasteiger partial charge in [0.15, 0.2) is 28.4 Å². The molecule has 0 atom stereocenters. The van der Waals surface area contributed by atoms with Gasteiger partial charge in [0.1, 0.15) is 13.2 Å². The van der Waals surface area contributed by atoms with Crippen molar-refractivity contribution in [3.05, 3.63) is 69.5 Å². The van der Waals surface area contributed by atoms with Gasteiger partial charge >= 0.3 is 6.09 Å². The number of nitrogens with two attached hydrogens (primary N) is 1. The number of nitro benzene ring substituents is 1. The fourth-order valence-electron chi connectivity index (χ4n) is 4.37. The lowest BCUT2D eigenvalue weighted by molar-refractivity contribution is -0.385. The lowest BCUT2D eigenvalue weighted by Crippen LogP contribution is -2.28. The van der Waals surface area contributed by atoms with Crippen LogP contribution in [0.1, 0.15) is 41.3 Å². The molecule has 0 aliphatic rings. The summed E-state index contributed by atoms with van der Waals surface area (Å²) in [6, 6.07) is 9.82. The van der Waals surface area contributed by atoms with Crippen LogP contribution < -0.4 is 30.6 Å². The third kappa shape index (κ3) is 10.7. The largest absolute Gasteiger partial charge is 0.493 e. The number of nitrogen functional groups attached to an aromatic ring is 1. The first kappa shape index (κ1) is 35.8. The molecule has 0 radical (unpaired) electrons. The molecule has 2 aromatic carbocycles. The van der Waals surface area contributed by atoms with E-state index >= 15 is 0 Å². The minimum absolute atomic E-state index is 0.0270. The molecular weight excluding hydrogens is 644 g/mol. The molecule has 0 aliphatic carbocycles. The van der Waals surface area contributed by atoms with Gasteiger partial charge in [0.25, 0.3) is 5.69 Å². The number of nitrogens with one attached hydrogen (secondary N) is 3. The summed E-state index contributed by atoms with van der Waals surface area (Å²) in [6.45, 7) is 2.44. The van der Waals surface area contributed by atoms with Crippen LogP contribution >= 0.6 is 0 Å². The molecule has 0 fully saturated rings. The number of benzene rings is 2. The monoisotopic (exact) mass is 680 g/mol. The van der Waals surface area contributed by atoms with E-state index in [4.69, 9.17) is 29.4 Å². The van der Waals surface area contributed by atoms with Crippen LogP contribution in [0.5, 0.6) is 17.4 Å². The number of alkyl carbamates (subject to hydrolysis) is 1. The minimum atomic E-state index is -0.667. The predicted octanol–water partition coefficient (Wildman–Crippen LogP) is 2.85. The molecule has 0 bridgehead atoms. The number of H-pyrrole nitrogens is 1. The Morgan fingerprint density at radius 2 is 1.76 bits per heavy atom. The summed E-state index contributed by atoms with van der Waals surface area (Å²) in [5.74, 6) is -0.0811. The van der Waals surface area contributed by atoms with Crippen molar-refractivity contribution in [2.24, 2.45) is 0 Å². The molecule has 18 heteroatoms. The first-order valence-corrected chi connectivity index (χ1v) is 15.1. The van der Waals surface area contributed by atoms with Crippen LogP contribution in [0.4, 0.5) is 16.4 Å². The van der Waals surface area contributed by atoms with Crippen molar-refractivity contribution in [2.45, 2.75) is 32.9 Å². The van der Waals surface area contributed by atoms with Crippen molar-refractivity contribution < 1.29 is 43.0 Å². The van der Waals surface area contributed by atoms with Gasteiger partial charge in [-0.25, -0.2) is 9.78 Å². The van der Waals surface area contributed by atoms with E-state index in [1.807, 2.05) is 24.3 Å². The number of amides is 2. The van der Waals surface area contributed by atoms with Crippen LogP contribution in [0, 0.1) is 10.1 Å². The average molecular weight is 681 g/mol. The number of anilines is 1. The molecular formula is C31H36N8O10. The fourth-order valence-corrected chi connectivity index (χ4v) is 4.37. The molecule has 0 spiro atoms. The molecule has 2 aromatic heterocycles. The van der Waals surface area contributed by atoms with Crippen LogP contribution in [-0.4, -0.2) is 82.7 Å². The summed E-state index contributed by atoms with van der Waals surface area (Å²) in [5, 5.41) is 16.7. The molecule has 49 heavy (non-hydrogen) atoms. The smallest absolute Gasteiger partial charge is 0.407 e. The van der Waals surface area contributed by atoms with Gasteiger partial charge in [0.2, 0.25) is 17.7 Å². The molecule has 4 rings (SSSR count). The number of fused-ring (bicyclic) bond motifs is 1. The van der Waals surface area contributed by atoms with Gasteiger partial charge in [0, 0.05) is 25.6 Å². The normalized spacial score (nSPS) is 10.7. The van der Waals surface area contributed by atoms with E-state index in [1.165, 1.54) is 26.4 Å². The number of hydrogen-bond acceptors (Lipinski definition) is 14. The molecule has 260 valence electrons. The summed E-state index contributed by atoms with van der Waals surface area (Å²) in [6.07, 6.45) is 1.36. The van der Waals surface area contributed by atoms with Crippen molar-refractivity contribution in [3.63, 3.8) is 0 Å². The highest BCUT2D eigenvalue weighted by atomic mass is 16.6. The fraction of sp³-hybridized carbons (Fsp3) is 0.355. The maximum absolute atomic E-state index is 12.1. The number of carbonyl (C=O) groups is 3. The number of ketones is 1. The number of aromatic amines is 1. The maximum atomic E-state index is 12.1. The zero-order valence-electron chi connectivity index (χ0n) is 26.9. The summed E-state index contributed by atoms with van der Waals surface area (Å²) in [4.78, 5) is 61.6. The van der Waals surface area contributed by atoms with Crippen LogP contribution in [0.2, 0.25) is 0 Å². The van der Waals surface area contributed by atoms with E-state index in [9.17, 15) is 24.5 Å². The van der Waals surface area contributed by atoms with Crippen LogP contribution in [0.15, 0.2) is 42.7 Å². The number of methoxy groups -OCH3 is 1. The summed E-state index contributed by atoms with van der Waals surface area (Å²) >= 11 is 0. The number of ether oxygens (including phenoxy) is 5. The summed E-state index contributed by atoms with van der Waals surface area (Å²) in [5.41, 5.74) is 7.94.